The standard InChI is InChI=1S/C14H20FNO2/c1-9-7-11(5-6-14(16)18)12(8-13(9)17)4-3-10(2)15/h7-8,10,17H,3-6H2,1-2H3,(H2,16,18). The van der Waals surface area contributed by atoms with E-state index < -0.39 is 6.17 Å². The second-order valence-corrected chi connectivity index (χ2v) is 4.69. The van der Waals surface area contributed by atoms with Crippen molar-refractivity contribution in [1.82, 2.24) is 0 Å². The van der Waals surface area contributed by atoms with E-state index in [1.54, 1.807) is 13.0 Å². The number of rotatable bonds is 6. The number of carbonyl (C=O) groups excluding carboxylic acids is 1. The average molecular weight is 253 g/mol. The van der Waals surface area contributed by atoms with Crippen molar-refractivity contribution in [1.29, 1.82) is 0 Å². The summed E-state index contributed by atoms with van der Waals surface area (Å²) in [4.78, 5) is 10.8. The van der Waals surface area contributed by atoms with E-state index in [0.717, 1.165) is 16.7 Å². The molecule has 0 radical (unpaired) electrons. The molecule has 1 amide bonds. The summed E-state index contributed by atoms with van der Waals surface area (Å²) in [7, 11) is 0. The predicted molar refractivity (Wildman–Crippen MR) is 69.3 cm³/mol. The van der Waals surface area contributed by atoms with Gasteiger partial charge in [0.05, 0.1) is 6.17 Å². The Hall–Kier alpha value is -1.58. The number of phenolic OH excluding ortho intramolecular Hbond substituents is 1. The number of amides is 1. The van der Waals surface area contributed by atoms with E-state index in [1.165, 1.54) is 6.92 Å². The van der Waals surface area contributed by atoms with Gasteiger partial charge in [-0.3, -0.25) is 4.79 Å². The fourth-order valence-electron chi connectivity index (χ4n) is 1.88. The van der Waals surface area contributed by atoms with Gasteiger partial charge >= 0.3 is 0 Å². The van der Waals surface area contributed by atoms with Crippen molar-refractivity contribution in [2.24, 2.45) is 5.73 Å². The molecule has 1 unspecified atom stereocenters. The predicted octanol–water partition coefficient (Wildman–Crippen LogP) is 2.41. The van der Waals surface area contributed by atoms with Crippen molar-refractivity contribution in [3.63, 3.8) is 0 Å². The minimum Gasteiger partial charge on any atom is -0.508 e. The molecule has 1 aromatic rings. The molecule has 0 bridgehead atoms. The Kier molecular flexibility index (Phi) is 5.13. The lowest BCUT2D eigenvalue weighted by Gasteiger charge is -2.12. The van der Waals surface area contributed by atoms with E-state index in [-0.39, 0.29) is 18.1 Å². The summed E-state index contributed by atoms with van der Waals surface area (Å²) in [6, 6.07) is 3.50. The lowest BCUT2D eigenvalue weighted by atomic mass is 9.95. The minimum atomic E-state index is -0.877. The number of hydrogen-bond acceptors (Lipinski definition) is 2. The zero-order valence-corrected chi connectivity index (χ0v) is 10.9. The summed E-state index contributed by atoms with van der Waals surface area (Å²) in [6.07, 6.45) is 0.887. The van der Waals surface area contributed by atoms with Crippen LogP contribution in [-0.2, 0) is 17.6 Å². The highest BCUT2D eigenvalue weighted by molar-refractivity contribution is 5.74. The van der Waals surface area contributed by atoms with Crippen molar-refractivity contribution in [3.8, 4) is 5.75 Å². The molecule has 1 aromatic carbocycles. The number of carbonyl (C=O) groups is 1. The van der Waals surface area contributed by atoms with Crippen LogP contribution in [0.3, 0.4) is 0 Å². The van der Waals surface area contributed by atoms with Crippen molar-refractivity contribution < 1.29 is 14.3 Å². The number of benzene rings is 1. The van der Waals surface area contributed by atoms with Crippen LogP contribution >= 0.6 is 0 Å². The van der Waals surface area contributed by atoms with Crippen molar-refractivity contribution in [2.75, 3.05) is 0 Å². The van der Waals surface area contributed by atoms with Gasteiger partial charge in [-0.1, -0.05) is 6.07 Å². The van der Waals surface area contributed by atoms with E-state index in [0.29, 0.717) is 19.3 Å². The average Bonchev–Trinajstić information content (AvgIpc) is 2.28. The van der Waals surface area contributed by atoms with Crippen LogP contribution in [0, 0.1) is 6.92 Å². The highest BCUT2D eigenvalue weighted by Gasteiger charge is 2.09. The fraction of sp³-hybridized carbons (Fsp3) is 0.500. The van der Waals surface area contributed by atoms with Crippen LogP contribution in [0.15, 0.2) is 12.1 Å². The van der Waals surface area contributed by atoms with Crippen LogP contribution in [0.2, 0.25) is 0 Å². The van der Waals surface area contributed by atoms with Crippen LogP contribution < -0.4 is 5.73 Å². The van der Waals surface area contributed by atoms with Gasteiger partial charge in [0.25, 0.3) is 0 Å². The smallest absolute Gasteiger partial charge is 0.217 e. The molecule has 1 atom stereocenters. The summed E-state index contributed by atoms with van der Waals surface area (Å²) in [6.45, 7) is 3.31. The summed E-state index contributed by atoms with van der Waals surface area (Å²) in [5.74, 6) is -0.148. The molecule has 0 aliphatic rings. The molecule has 3 N–H and O–H groups in total. The third-order valence-corrected chi connectivity index (χ3v) is 2.97. The number of nitrogens with two attached hydrogens (primary N) is 1. The molecule has 0 saturated carbocycles. The third-order valence-electron chi connectivity index (χ3n) is 2.97. The maximum atomic E-state index is 12.9. The van der Waals surface area contributed by atoms with E-state index >= 15 is 0 Å². The molecule has 4 heteroatoms. The Morgan fingerprint density at radius 2 is 2.00 bits per heavy atom. The molecule has 3 nitrogen and oxygen atoms in total. The molecule has 18 heavy (non-hydrogen) atoms. The normalized spacial score (nSPS) is 12.4. The quantitative estimate of drug-likeness (QED) is 0.817. The Morgan fingerprint density at radius 3 is 2.56 bits per heavy atom. The first-order chi connectivity index (χ1) is 8.40. The number of aromatic hydroxyl groups is 1. The van der Waals surface area contributed by atoms with Crippen LogP contribution in [-0.4, -0.2) is 17.2 Å². The van der Waals surface area contributed by atoms with Crippen molar-refractivity contribution in [3.05, 3.63) is 28.8 Å². The van der Waals surface area contributed by atoms with E-state index in [4.69, 9.17) is 5.73 Å². The fourth-order valence-corrected chi connectivity index (χ4v) is 1.88. The highest BCUT2D eigenvalue weighted by atomic mass is 19.1. The van der Waals surface area contributed by atoms with Gasteiger partial charge in [-0.2, -0.15) is 0 Å². The summed E-state index contributed by atoms with van der Waals surface area (Å²) in [5.41, 5.74) is 7.74. The Morgan fingerprint density at radius 1 is 1.39 bits per heavy atom. The monoisotopic (exact) mass is 253 g/mol. The Bertz CT molecular complexity index is 430. The Labute approximate surface area is 107 Å². The summed E-state index contributed by atoms with van der Waals surface area (Å²) >= 11 is 0. The molecule has 0 saturated heterocycles. The molecular weight excluding hydrogens is 233 g/mol. The first kappa shape index (κ1) is 14.5. The number of alkyl halides is 1. The number of primary amides is 1. The molecule has 0 aliphatic heterocycles. The lowest BCUT2D eigenvalue weighted by molar-refractivity contribution is -0.117. The van der Waals surface area contributed by atoms with Gasteiger partial charge in [0.15, 0.2) is 0 Å². The maximum Gasteiger partial charge on any atom is 0.217 e. The molecule has 0 spiro atoms. The lowest BCUT2D eigenvalue weighted by Crippen LogP contribution is -2.12. The zero-order valence-electron chi connectivity index (χ0n) is 10.9. The Balaban J connectivity index is 2.89. The molecule has 0 aliphatic carbocycles. The van der Waals surface area contributed by atoms with Crippen LogP contribution in [0.25, 0.3) is 0 Å². The highest BCUT2D eigenvalue weighted by Crippen LogP contribution is 2.24. The van der Waals surface area contributed by atoms with E-state index in [9.17, 15) is 14.3 Å². The SMILES string of the molecule is Cc1cc(CCC(N)=O)c(CCC(C)F)cc1O. The summed E-state index contributed by atoms with van der Waals surface area (Å²) < 4.78 is 12.9. The van der Waals surface area contributed by atoms with Crippen molar-refractivity contribution in [2.45, 2.75) is 45.7 Å². The molecule has 0 aromatic heterocycles. The largest absolute Gasteiger partial charge is 0.508 e. The van der Waals surface area contributed by atoms with Gasteiger partial charge in [-0.25, -0.2) is 4.39 Å². The van der Waals surface area contributed by atoms with E-state index in [2.05, 4.69) is 0 Å². The topological polar surface area (TPSA) is 63.3 Å². The maximum absolute atomic E-state index is 12.9. The van der Waals surface area contributed by atoms with Crippen LogP contribution in [0.1, 0.15) is 36.5 Å². The molecular formula is C14H20FNO2. The van der Waals surface area contributed by atoms with Gasteiger partial charge < -0.3 is 10.8 Å². The van der Waals surface area contributed by atoms with E-state index in [1.807, 2.05) is 6.07 Å². The van der Waals surface area contributed by atoms with Gasteiger partial charge in [0, 0.05) is 6.42 Å². The minimum absolute atomic E-state index is 0.208. The molecule has 0 heterocycles. The number of phenols is 1. The number of halogens is 1. The van der Waals surface area contributed by atoms with Gasteiger partial charge in [-0.05, 0) is 55.9 Å². The second-order valence-electron chi connectivity index (χ2n) is 4.69. The first-order valence-corrected chi connectivity index (χ1v) is 6.14. The summed E-state index contributed by atoms with van der Waals surface area (Å²) in [5, 5.41) is 9.68. The molecule has 100 valence electrons. The van der Waals surface area contributed by atoms with Gasteiger partial charge in [0.1, 0.15) is 5.75 Å². The number of aryl methyl sites for hydroxylation is 3. The second kappa shape index (κ2) is 6.38. The van der Waals surface area contributed by atoms with Crippen LogP contribution in [0.4, 0.5) is 4.39 Å². The molecule has 1 rings (SSSR count). The van der Waals surface area contributed by atoms with Crippen molar-refractivity contribution >= 4 is 5.91 Å². The van der Waals surface area contributed by atoms with Gasteiger partial charge in [-0.15, -0.1) is 0 Å². The number of hydrogen-bond donors (Lipinski definition) is 2. The van der Waals surface area contributed by atoms with Gasteiger partial charge in [0.2, 0.25) is 5.91 Å². The third kappa shape index (κ3) is 4.35. The first-order valence-electron chi connectivity index (χ1n) is 6.14. The molecule has 0 fully saturated rings. The zero-order chi connectivity index (χ0) is 13.7. The van der Waals surface area contributed by atoms with Crippen LogP contribution in [0.5, 0.6) is 5.75 Å².